The van der Waals surface area contributed by atoms with Crippen LogP contribution in [0.2, 0.25) is 5.02 Å². The van der Waals surface area contributed by atoms with E-state index in [9.17, 15) is 4.79 Å². The van der Waals surface area contributed by atoms with Gasteiger partial charge in [0.15, 0.2) is 0 Å². The minimum Gasteiger partial charge on any atom is -0.384 e. The zero-order valence-electron chi connectivity index (χ0n) is 18.3. The molecule has 3 N–H and O–H groups in total. The number of amides is 1. The fourth-order valence-corrected chi connectivity index (χ4v) is 4.75. The van der Waals surface area contributed by atoms with Gasteiger partial charge < -0.3 is 11.1 Å². The summed E-state index contributed by atoms with van der Waals surface area (Å²) in [7, 11) is 0. The molecule has 4 rings (SSSR count). The van der Waals surface area contributed by atoms with E-state index in [1.165, 1.54) is 19.3 Å². The van der Waals surface area contributed by atoms with E-state index in [2.05, 4.69) is 5.32 Å². The summed E-state index contributed by atoms with van der Waals surface area (Å²) < 4.78 is 0. The highest BCUT2D eigenvalue weighted by Gasteiger charge is 2.39. The minimum atomic E-state index is -0.866. The largest absolute Gasteiger partial charge is 0.384 e. The number of nitrogens with zero attached hydrogens (tertiary/aromatic N) is 2. The van der Waals surface area contributed by atoms with Crippen LogP contribution < -0.4 is 16.0 Å². The normalized spacial score (nSPS) is 18.9. The van der Waals surface area contributed by atoms with Gasteiger partial charge in [0.25, 0.3) is 5.91 Å². The van der Waals surface area contributed by atoms with E-state index in [0.29, 0.717) is 24.0 Å². The molecule has 1 amide bonds. The second-order valence-electron chi connectivity index (χ2n) is 8.96. The van der Waals surface area contributed by atoms with Crippen LogP contribution >= 0.6 is 11.6 Å². The lowest BCUT2D eigenvalue weighted by atomic mass is 9.82. The lowest BCUT2D eigenvalue weighted by Crippen LogP contribution is -2.41. The summed E-state index contributed by atoms with van der Waals surface area (Å²) in [5.74, 6) is 0.327. The van der Waals surface area contributed by atoms with Gasteiger partial charge in [-0.05, 0) is 69.2 Å². The molecule has 2 aromatic carbocycles. The van der Waals surface area contributed by atoms with Crippen molar-refractivity contribution in [2.75, 3.05) is 23.3 Å². The Morgan fingerprint density at radius 3 is 2.52 bits per heavy atom. The number of fused-ring (bicyclic) bond motifs is 1. The van der Waals surface area contributed by atoms with Crippen molar-refractivity contribution < 1.29 is 4.79 Å². The van der Waals surface area contributed by atoms with E-state index in [1.807, 2.05) is 56.3 Å². The van der Waals surface area contributed by atoms with Crippen molar-refractivity contribution in [3.63, 3.8) is 0 Å². The first-order valence-electron chi connectivity index (χ1n) is 11.2. The maximum Gasteiger partial charge on any atom is 0.258 e. The molecule has 1 heterocycles. The van der Waals surface area contributed by atoms with Crippen LogP contribution in [0.3, 0.4) is 0 Å². The summed E-state index contributed by atoms with van der Waals surface area (Å²) in [5.41, 5.74) is 9.38. The first-order chi connectivity index (χ1) is 14.9. The van der Waals surface area contributed by atoms with Crippen LogP contribution in [0, 0.1) is 5.92 Å². The second-order valence-corrected chi connectivity index (χ2v) is 9.39. The van der Waals surface area contributed by atoms with E-state index >= 15 is 0 Å². The van der Waals surface area contributed by atoms with Crippen LogP contribution in [-0.2, 0) is 4.79 Å². The fraction of sp³-hybridized carbons (Fsp3) is 0.440. The van der Waals surface area contributed by atoms with Gasteiger partial charge in [0.2, 0.25) is 0 Å². The molecule has 0 unspecified atom stereocenters. The van der Waals surface area contributed by atoms with Crippen molar-refractivity contribution in [3.8, 4) is 0 Å². The Bertz CT molecular complexity index is 978. The molecule has 31 heavy (non-hydrogen) atoms. The van der Waals surface area contributed by atoms with Gasteiger partial charge in [-0.1, -0.05) is 30.9 Å². The summed E-state index contributed by atoms with van der Waals surface area (Å²) in [6.07, 6.45) is 5.93. The molecule has 0 spiro atoms. The Kier molecular flexibility index (Phi) is 6.35. The molecule has 0 saturated heterocycles. The molecule has 1 saturated carbocycles. The molecule has 1 aliphatic heterocycles. The lowest BCUT2D eigenvalue weighted by Gasteiger charge is -2.28. The fourth-order valence-electron chi connectivity index (χ4n) is 4.59. The van der Waals surface area contributed by atoms with Gasteiger partial charge in [0, 0.05) is 46.7 Å². The molecule has 164 valence electrons. The first-order valence-corrected chi connectivity index (χ1v) is 11.6. The minimum absolute atomic E-state index is 0.0514. The molecule has 1 aliphatic carbocycles. The van der Waals surface area contributed by atoms with E-state index in [4.69, 9.17) is 22.3 Å². The number of hydrogen-bond donors (Lipinski definition) is 2. The van der Waals surface area contributed by atoms with Crippen molar-refractivity contribution in [2.24, 2.45) is 16.6 Å². The average molecular weight is 439 g/mol. The molecule has 2 aromatic rings. The number of benzene rings is 2. The molecule has 1 fully saturated rings. The molecule has 0 atom stereocenters. The Balaban J connectivity index is 1.82. The predicted octanol–water partition coefficient (Wildman–Crippen LogP) is 5.54. The highest BCUT2D eigenvalue weighted by atomic mass is 35.5. The highest BCUT2D eigenvalue weighted by molar-refractivity contribution is 6.31. The monoisotopic (exact) mass is 438 g/mol. The number of aliphatic imine (C=N–C) groups is 1. The number of hydrogen-bond acceptors (Lipinski definition) is 4. The molecule has 2 aliphatic rings. The molecule has 0 radical (unpaired) electrons. The van der Waals surface area contributed by atoms with Crippen molar-refractivity contribution in [1.29, 1.82) is 0 Å². The van der Waals surface area contributed by atoms with Gasteiger partial charge in [-0.3, -0.25) is 14.7 Å². The predicted molar refractivity (Wildman–Crippen MR) is 130 cm³/mol. The summed E-state index contributed by atoms with van der Waals surface area (Å²) in [6, 6.07) is 13.7. The van der Waals surface area contributed by atoms with E-state index in [0.717, 1.165) is 41.2 Å². The number of carbonyl (C=O) groups excluding carboxylic acids is 1. The van der Waals surface area contributed by atoms with Gasteiger partial charge in [-0.15, -0.1) is 0 Å². The number of benzodiazepines with no additional fused rings is 1. The zero-order valence-corrected chi connectivity index (χ0v) is 19.1. The topological polar surface area (TPSA) is 70.7 Å². The van der Waals surface area contributed by atoms with Crippen LogP contribution in [0.5, 0.6) is 0 Å². The maximum atomic E-state index is 13.8. The van der Waals surface area contributed by atoms with Crippen molar-refractivity contribution in [1.82, 2.24) is 0 Å². The summed E-state index contributed by atoms with van der Waals surface area (Å²) >= 11 is 6.42. The smallest absolute Gasteiger partial charge is 0.258 e. The second kappa shape index (κ2) is 9.01. The number of nitrogens with two attached hydrogens (primary N) is 1. The molecule has 5 nitrogen and oxygen atoms in total. The number of rotatable bonds is 5. The van der Waals surface area contributed by atoms with Gasteiger partial charge >= 0.3 is 0 Å². The average Bonchev–Trinajstić information content (AvgIpc) is 2.86. The molecule has 0 aromatic heterocycles. The van der Waals surface area contributed by atoms with Gasteiger partial charge in [0.1, 0.15) is 5.54 Å². The van der Waals surface area contributed by atoms with Crippen LogP contribution in [-0.4, -0.2) is 30.2 Å². The van der Waals surface area contributed by atoms with Crippen LogP contribution in [0.15, 0.2) is 47.5 Å². The molecule has 6 heteroatoms. The first kappa shape index (κ1) is 21.8. The Labute approximate surface area is 189 Å². The van der Waals surface area contributed by atoms with Crippen molar-refractivity contribution in [3.05, 3.63) is 53.1 Å². The summed E-state index contributed by atoms with van der Waals surface area (Å²) in [6.45, 7) is 5.09. The van der Waals surface area contributed by atoms with Crippen molar-refractivity contribution in [2.45, 2.75) is 51.5 Å². The van der Waals surface area contributed by atoms with Gasteiger partial charge in [-0.25, -0.2) is 0 Å². The SMILES string of the molecule is CC1(C)N=C(C2CCCCC2)c2ccc(Cl)cc2N(c2ccc(NCCN)cc2)C1=O. The Morgan fingerprint density at radius 2 is 1.84 bits per heavy atom. The van der Waals surface area contributed by atoms with Crippen LogP contribution in [0.4, 0.5) is 17.1 Å². The quantitative estimate of drug-likeness (QED) is 0.644. The number of anilines is 3. The van der Waals surface area contributed by atoms with Crippen molar-refractivity contribution >= 4 is 40.3 Å². The Hall–Kier alpha value is -2.37. The van der Waals surface area contributed by atoms with Crippen LogP contribution in [0.1, 0.15) is 51.5 Å². The molecule has 0 bridgehead atoms. The third-order valence-corrected chi connectivity index (χ3v) is 6.43. The summed E-state index contributed by atoms with van der Waals surface area (Å²) in [4.78, 5) is 20.6. The van der Waals surface area contributed by atoms with E-state index in [1.54, 1.807) is 4.90 Å². The summed E-state index contributed by atoms with van der Waals surface area (Å²) in [5, 5.41) is 3.88. The Morgan fingerprint density at radius 1 is 1.13 bits per heavy atom. The van der Waals surface area contributed by atoms with Gasteiger partial charge in [-0.2, -0.15) is 0 Å². The number of nitrogens with one attached hydrogen (secondary N) is 1. The van der Waals surface area contributed by atoms with Gasteiger partial charge in [0.05, 0.1) is 5.69 Å². The standard InChI is InChI=1S/C25H31ClN4O/c1-25(2)24(31)30(20-11-9-19(10-12-20)28-15-14-27)22-16-18(26)8-13-21(22)23(29-25)17-6-4-3-5-7-17/h8-13,16-17,28H,3-7,14-15,27H2,1-2H3. The third-order valence-electron chi connectivity index (χ3n) is 6.19. The van der Waals surface area contributed by atoms with E-state index in [-0.39, 0.29) is 5.91 Å². The molecular weight excluding hydrogens is 408 g/mol. The lowest BCUT2D eigenvalue weighted by molar-refractivity contribution is -0.121. The third kappa shape index (κ3) is 4.48. The molecular formula is C25H31ClN4O. The highest BCUT2D eigenvalue weighted by Crippen LogP contribution is 2.40. The number of carbonyl (C=O) groups is 1. The van der Waals surface area contributed by atoms with E-state index < -0.39 is 5.54 Å². The maximum absolute atomic E-state index is 13.8. The zero-order chi connectivity index (χ0) is 22.0. The number of halogens is 1. The van der Waals surface area contributed by atoms with Crippen LogP contribution in [0.25, 0.3) is 0 Å².